The van der Waals surface area contributed by atoms with Crippen LogP contribution in [-0.4, -0.2) is 50.8 Å². The minimum absolute atomic E-state index is 0.0995. The van der Waals surface area contributed by atoms with E-state index in [1.165, 1.54) is 11.8 Å². The van der Waals surface area contributed by atoms with Crippen molar-refractivity contribution in [2.75, 3.05) is 36.0 Å². The molecule has 0 unspecified atom stereocenters. The summed E-state index contributed by atoms with van der Waals surface area (Å²) in [7, 11) is 1.70. The summed E-state index contributed by atoms with van der Waals surface area (Å²) in [6.45, 7) is 8.26. The predicted octanol–water partition coefficient (Wildman–Crippen LogP) is 3.37. The Balaban J connectivity index is 2.10. The van der Waals surface area contributed by atoms with Crippen LogP contribution in [0.1, 0.15) is 37.0 Å². The first-order chi connectivity index (χ1) is 14.3. The summed E-state index contributed by atoms with van der Waals surface area (Å²) in [6, 6.07) is 2.05. The largest absolute Gasteiger partial charge is 0.356 e. The molecule has 1 amide bonds. The average Bonchev–Trinajstić information content (AvgIpc) is 2.98. The number of pyridine rings is 1. The number of thioether (sulfide) groups is 2. The highest BCUT2D eigenvalue weighted by Crippen LogP contribution is 2.36. The number of amides is 1. The van der Waals surface area contributed by atoms with Crippen molar-refractivity contribution in [1.29, 1.82) is 5.26 Å². The predicted molar refractivity (Wildman–Crippen MR) is 130 cm³/mol. The van der Waals surface area contributed by atoms with Crippen molar-refractivity contribution in [3.63, 3.8) is 0 Å². The van der Waals surface area contributed by atoms with Gasteiger partial charge in [-0.1, -0.05) is 37.8 Å². The van der Waals surface area contributed by atoms with Gasteiger partial charge >= 0.3 is 0 Å². The van der Waals surface area contributed by atoms with E-state index in [0.717, 1.165) is 42.4 Å². The van der Waals surface area contributed by atoms with Gasteiger partial charge in [-0.15, -0.1) is 0 Å². The SMILES string of the molecule is Cc1c(/C=C2\SC(=S)N(CCC(C)C)C2=O)c(N2CCSCC2)n(C)c(=O)c1C#N. The lowest BCUT2D eigenvalue weighted by molar-refractivity contribution is -0.122. The molecule has 30 heavy (non-hydrogen) atoms. The average molecular weight is 463 g/mol. The molecular formula is C21H26N4O2S3. The Morgan fingerprint density at radius 1 is 1.27 bits per heavy atom. The van der Waals surface area contributed by atoms with Gasteiger partial charge in [0, 0.05) is 43.8 Å². The fourth-order valence-corrected chi connectivity index (χ4v) is 5.77. The quantitative estimate of drug-likeness (QED) is 0.491. The summed E-state index contributed by atoms with van der Waals surface area (Å²) in [6.07, 6.45) is 2.70. The molecule has 160 valence electrons. The maximum Gasteiger partial charge on any atom is 0.270 e. The Hall–Kier alpha value is -1.76. The Morgan fingerprint density at radius 3 is 2.53 bits per heavy atom. The van der Waals surface area contributed by atoms with Gasteiger partial charge in [0.15, 0.2) is 0 Å². The zero-order valence-electron chi connectivity index (χ0n) is 17.7. The molecule has 3 heterocycles. The summed E-state index contributed by atoms with van der Waals surface area (Å²) in [4.78, 5) is 30.2. The van der Waals surface area contributed by atoms with E-state index in [1.807, 2.05) is 23.9 Å². The van der Waals surface area contributed by atoms with Crippen LogP contribution in [0.4, 0.5) is 5.82 Å². The third-order valence-corrected chi connectivity index (χ3v) is 7.68. The lowest BCUT2D eigenvalue weighted by atomic mass is 10.0. The molecule has 2 aliphatic heterocycles. The molecule has 0 atom stereocenters. The molecule has 2 fully saturated rings. The summed E-state index contributed by atoms with van der Waals surface area (Å²) in [5.74, 6) is 3.10. The van der Waals surface area contributed by atoms with Gasteiger partial charge in [0.25, 0.3) is 11.5 Å². The van der Waals surface area contributed by atoms with Crippen molar-refractivity contribution in [2.24, 2.45) is 13.0 Å². The lowest BCUT2D eigenvalue weighted by Gasteiger charge is -2.32. The van der Waals surface area contributed by atoms with Crippen LogP contribution in [0.5, 0.6) is 0 Å². The van der Waals surface area contributed by atoms with Gasteiger partial charge in [0.2, 0.25) is 0 Å². The molecule has 0 aliphatic carbocycles. The molecule has 6 nitrogen and oxygen atoms in total. The minimum atomic E-state index is -0.301. The molecule has 0 radical (unpaired) electrons. The summed E-state index contributed by atoms with van der Waals surface area (Å²) in [5.41, 5.74) is 1.19. The molecule has 0 N–H and O–H groups in total. The highest BCUT2D eigenvalue weighted by atomic mass is 32.2. The van der Waals surface area contributed by atoms with Crippen molar-refractivity contribution in [3.05, 3.63) is 31.9 Å². The summed E-state index contributed by atoms with van der Waals surface area (Å²) < 4.78 is 2.11. The van der Waals surface area contributed by atoms with E-state index < -0.39 is 0 Å². The van der Waals surface area contributed by atoms with E-state index in [1.54, 1.807) is 23.4 Å². The molecule has 0 saturated carbocycles. The second-order valence-electron chi connectivity index (χ2n) is 7.83. The molecule has 2 saturated heterocycles. The Morgan fingerprint density at radius 2 is 1.93 bits per heavy atom. The van der Waals surface area contributed by atoms with Gasteiger partial charge < -0.3 is 4.90 Å². The smallest absolute Gasteiger partial charge is 0.270 e. The number of nitriles is 1. The second kappa shape index (κ2) is 9.58. The summed E-state index contributed by atoms with van der Waals surface area (Å²) in [5, 5.41) is 9.57. The molecule has 3 rings (SSSR count). The van der Waals surface area contributed by atoms with Gasteiger partial charge in [0.05, 0.1) is 4.91 Å². The summed E-state index contributed by atoms with van der Waals surface area (Å²) >= 11 is 8.63. The van der Waals surface area contributed by atoms with Crippen molar-refractivity contribution >= 4 is 57.9 Å². The first-order valence-corrected chi connectivity index (χ1v) is 12.4. The Labute approximate surface area is 191 Å². The van der Waals surface area contributed by atoms with E-state index in [9.17, 15) is 14.9 Å². The van der Waals surface area contributed by atoms with Crippen LogP contribution < -0.4 is 10.5 Å². The van der Waals surface area contributed by atoms with Crippen LogP contribution in [0.3, 0.4) is 0 Å². The number of carbonyl (C=O) groups excluding carboxylic acids is 1. The van der Waals surface area contributed by atoms with Crippen LogP contribution >= 0.6 is 35.7 Å². The van der Waals surface area contributed by atoms with Crippen molar-refractivity contribution in [2.45, 2.75) is 27.2 Å². The number of thiocarbonyl (C=S) groups is 1. The highest BCUT2D eigenvalue weighted by Gasteiger charge is 2.33. The third kappa shape index (κ3) is 4.46. The van der Waals surface area contributed by atoms with Gasteiger partial charge in [-0.05, 0) is 30.9 Å². The Kier molecular flexibility index (Phi) is 7.32. The normalized spacial score (nSPS) is 18.6. The Bertz CT molecular complexity index is 1000. The van der Waals surface area contributed by atoms with Gasteiger partial charge in [-0.2, -0.15) is 17.0 Å². The molecule has 0 aromatic carbocycles. The fraction of sp³-hybridized carbons (Fsp3) is 0.524. The standard InChI is InChI=1S/C21H26N4O2S3/c1-13(2)5-6-25-20(27)17(30-21(25)28)11-15-14(3)16(12-22)19(26)23(4)18(15)24-7-9-29-10-8-24/h11,13H,5-10H2,1-4H3/b17-11-. The second-order valence-corrected chi connectivity index (χ2v) is 10.7. The number of anilines is 1. The number of hydrogen-bond donors (Lipinski definition) is 0. The molecule has 2 aliphatic rings. The van der Waals surface area contributed by atoms with E-state index in [4.69, 9.17) is 12.2 Å². The van der Waals surface area contributed by atoms with Crippen LogP contribution in [-0.2, 0) is 11.8 Å². The molecule has 1 aromatic rings. The monoisotopic (exact) mass is 462 g/mol. The maximum atomic E-state index is 13.0. The van der Waals surface area contributed by atoms with E-state index >= 15 is 0 Å². The van der Waals surface area contributed by atoms with E-state index in [-0.39, 0.29) is 17.0 Å². The first kappa shape index (κ1) is 22.9. The first-order valence-electron chi connectivity index (χ1n) is 9.98. The molecule has 0 spiro atoms. The van der Waals surface area contributed by atoms with Gasteiger partial charge in [0.1, 0.15) is 21.8 Å². The van der Waals surface area contributed by atoms with Gasteiger partial charge in [-0.3, -0.25) is 19.1 Å². The van der Waals surface area contributed by atoms with Crippen LogP contribution in [0, 0.1) is 24.2 Å². The number of aromatic nitrogens is 1. The number of carbonyl (C=O) groups is 1. The van der Waals surface area contributed by atoms with Crippen molar-refractivity contribution in [1.82, 2.24) is 9.47 Å². The number of nitrogens with zero attached hydrogens (tertiary/aromatic N) is 4. The number of hydrogen-bond acceptors (Lipinski definition) is 7. The zero-order chi connectivity index (χ0) is 22.0. The highest BCUT2D eigenvalue weighted by molar-refractivity contribution is 8.26. The van der Waals surface area contributed by atoms with Crippen LogP contribution in [0.15, 0.2) is 9.70 Å². The number of rotatable bonds is 5. The molecule has 9 heteroatoms. The third-order valence-electron chi connectivity index (χ3n) is 5.36. The van der Waals surface area contributed by atoms with E-state index in [2.05, 4.69) is 18.7 Å². The van der Waals surface area contributed by atoms with Crippen molar-refractivity contribution < 1.29 is 4.79 Å². The zero-order valence-corrected chi connectivity index (χ0v) is 20.2. The van der Waals surface area contributed by atoms with Gasteiger partial charge in [-0.25, -0.2) is 0 Å². The van der Waals surface area contributed by atoms with Crippen LogP contribution in [0.2, 0.25) is 0 Å². The minimum Gasteiger partial charge on any atom is -0.356 e. The maximum absolute atomic E-state index is 13.0. The molecular weight excluding hydrogens is 436 g/mol. The lowest BCUT2D eigenvalue weighted by Crippen LogP contribution is -2.38. The fourth-order valence-electron chi connectivity index (χ4n) is 3.58. The van der Waals surface area contributed by atoms with Crippen molar-refractivity contribution in [3.8, 4) is 6.07 Å². The molecule has 0 bridgehead atoms. The van der Waals surface area contributed by atoms with Crippen LogP contribution in [0.25, 0.3) is 6.08 Å². The topological polar surface area (TPSA) is 69.3 Å². The van der Waals surface area contributed by atoms with E-state index in [0.29, 0.717) is 27.3 Å². The molecule has 1 aromatic heterocycles.